The van der Waals surface area contributed by atoms with E-state index in [1.165, 1.54) is 10.6 Å². The Hall–Kier alpha value is -3.58. The molecule has 0 aliphatic carbocycles. The van der Waals surface area contributed by atoms with E-state index in [1.54, 1.807) is 0 Å². The van der Waals surface area contributed by atoms with Gasteiger partial charge >= 0.3 is 24.2 Å². The van der Waals surface area contributed by atoms with Gasteiger partial charge in [-0.3, -0.25) is 14.4 Å². The van der Waals surface area contributed by atoms with Gasteiger partial charge in [-0.1, -0.05) is 0 Å². The Labute approximate surface area is 156 Å². The van der Waals surface area contributed by atoms with Crippen LogP contribution < -0.4 is 20.3 Å². The molecule has 0 saturated heterocycles. The van der Waals surface area contributed by atoms with Crippen molar-refractivity contribution >= 4 is 45.7 Å². The van der Waals surface area contributed by atoms with Crippen LogP contribution in [0, 0.1) is 5.21 Å². The van der Waals surface area contributed by atoms with E-state index in [-0.39, 0.29) is 21.4 Å². The first kappa shape index (κ1) is 20.2. The summed E-state index contributed by atoms with van der Waals surface area (Å²) in [6.45, 7) is 0. The lowest BCUT2D eigenvalue weighted by atomic mass is 10.1. The van der Waals surface area contributed by atoms with Gasteiger partial charge in [0.15, 0.2) is 6.20 Å². The maximum atomic E-state index is 12.6. The molecule has 2 heterocycles. The number of alkyl halides is 6. The predicted octanol–water partition coefficient (Wildman–Crippen LogP) is 2.06. The highest BCUT2D eigenvalue weighted by molar-refractivity contribution is 6.28. The van der Waals surface area contributed by atoms with Crippen molar-refractivity contribution in [2.75, 3.05) is 22.6 Å². The molecule has 0 saturated carbocycles. The second-order valence-corrected chi connectivity index (χ2v) is 5.87. The van der Waals surface area contributed by atoms with Crippen LogP contribution >= 0.6 is 0 Å². The third-order valence-electron chi connectivity index (χ3n) is 4.02. The zero-order chi connectivity index (χ0) is 21.9. The van der Waals surface area contributed by atoms with E-state index in [1.807, 2.05) is 0 Å². The van der Waals surface area contributed by atoms with Crippen LogP contribution in [0.1, 0.15) is 10.4 Å². The van der Waals surface area contributed by atoms with E-state index in [0.29, 0.717) is 6.07 Å². The number of pyridine rings is 1. The molecule has 1 aliphatic rings. The molecule has 14 heteroatoms. The second-order valence-electron chi connectivity index (χ2n) is 5.87. The number of rotatable bonds is 2. The quantitative estimate of drug-likeness (QED) is 0.439. The number of aromatic nitrogens is 1. The molecule has 0 radical (unpaired) electrons. The largest absolute Gasteiger partial charge is 0.618 e. The maximum absolute atomic E-state index is 12.6. The van der Waals surface area contributed by atoms with Crippen LogP contribution in [0.15, 0.2) is 18.3 Å². The van der Waals surface area contributed by atoms with Crippen LogP contribution in [-0.4, -0.2) is 37.1 Å². The van der Waals surface area contributed by atoms with Crippen LogP contribution in [0.25, 0.3) is 10.9 Å². The molecule has 0 unspecified atom stereocenters. The first-order valence-corrected chi connectivity index (χ1v) is 7.50. The van der Waals surface area contributed by atoms with Gasteiger partial charge in [0.25, 0.3) is 11.4 Å². The van der Waals surface area contributed by atoms with E-state index in [0.717, 1.165) is 24.2 Å². The Morgan fingerprint density at radius 3 is 2.07 bits per heavy atom. The van der Waals surface area contributed by atoms with Gasteiger partial charge in [-0.15, -0.1) is 0 Å². The Kier molecular flexibility index (Phi) is 4.32. The average molecular weight is 422 g/mol. The molecule has 1 aromatic carbocycles. The highest BCUT2D eigenvalue weighted by Crippen LogP contribution is 2.44. The minimum absolute atomic E-state index is 0.0378. The van der Waals surface area contributed by atoms with Crippen molar-refractivity contribution in [1.82, 2.24) is 0 Å². The summed E-state index contributed by atoms with van der Waals surface area (Å²) in [6, 6.07) is 1.55. The molecular weight excluding hydrogens is 414 g/mol. The van der Waals surface area contributed by atoms with Gasteiger partial charge in [0.05, 0.1) is 22.3 Å². The number of amides is 3. The number of carbonyl (C=O) groups is 3. The number of halogens is 6. The highest BCUT2D eigenvalue weighted by atomic mass is 19.4. The summed E-state index contributed by atoms with van der Waals surface area (Å²) in [5.74, 6) is -5.77. The zero-order valence-corrected chi connectivity index (χ0v) is 14.0. The molecule has 1 aromatic heterocycles. The SMILES string of the molecule is CN1C(=O)c2cc[n+]([O-])c3c(NC(=O)C(F)(F)F)cc(NC(=O)C(F)(F)F)c1c23. The molecule has 8 nitrogen and oxygen atoms in total. The molecule has 0 fully saturated rings. The summed E-state index contributed by atoms with van der Waals surface area (Å²) < 4.78 is 75.8. The Morgan fingerprint density at radius 1 is 1.03 bits per heavy atom. The summed E-state index contributed by atoms with van der Waals surface area (Å²) in [5.41, 5.74) is -2.72. The lowest BCUT2D eigenvalue weighted by Gasteiger charge is -2.18. The zero-order valence-electron chi connectivity index (χ0n) is 14.0. The maximum Gasteiger partial charge on any atom is 0.471 e. The van der Waals surface area contributed by atoms with Crippen LogP contribution in [0.2, 0.25) is 0 Å². The van der Waals surface area contributed by atoms with Crippen LogP contribution in [0.3, 0.4) is 0 Å². The van der Waals surface area contributed by atoms with Crippen molar-refractivity contribution in [3.8, 4) is 0 Å². The van der Waals surface area contributed by atoms with Gasteiger partial charge in [-0.05, 0) is 6.07 Å². The summed E-state index contributed by atoms with van der Waals surface area (Å²) in [7, 11) is 1.13. The molecule has 0 spiro atoms. The summed E-state index contributed by atoms with van der Waals surface area (Å²) in [6.07, 6.45) is -9.94. The average Bonchev–Trinajstić information content (AvgIpc) is 2.83. The van der Waals surface area contributed by atoms with Gasteiger partial charge in [0.1, 0.15) is 5.69 Å². The Morgan fingerprint density at radius 2 is 1.55 bits per heavy atom. The number of hydrogen-bond donors (Lipinski definition) is 2. The fourth-order valence-electron chi connectivity index (χ4n) is 2.83. The molecule has 0 bridgehead atoms. The number of hydrogen-bond acceptors (Lipinski definition) is 4. The first-order valence-electron chi connectivity index (χ1n) is 7.50. The highest BCUT2D eigenvalue weighted by Gasteiger charge is 2.43. The van der Waals surface area contributed by atoms with E-state index < -0.39 is 47.0 Å². The smallest absolute Gasteiger partial charge is 0.471 e. The number of anilines is 3. The summed E-state index contributed by atoms with van der Waals surface area (Å²) >= 11 is 0. The van der Waals surface area contributed by atoms with Crippen molar-refractivity contribution in [3.63, 3.8) is 0 Å². The monoisotopic (exact) mass is 422 g/mol. The predicted molar refractivity (Wildman–Crippen MR) is 85.0 cm³/mol. The van der Waals surface area contributed by atoms with Gasteiger partial charge < -0.3 is 20.7 Å². The van der Waals surface area contributed by atoms with Crippen molar-refractivity contribution < 1.29 is 45.5 Å². The van der Waals surface area contributed by atoms with Crippen LogP contribution in [0.4, 0.5) is 43.4 Å². The number of nitrogens with one attached hydrogen (secondary N) is 2. The first-order chi connectivity index (χ1) is 13.2. The number of carbonyl (C=O) groups excluding carboxylic acids is 3. The molecule has 1 aliphatic heterocycles. The Balaban J connectivity index is 2.30. The molecule has 29 heavy (non-hydrogen) atoms. The third kappa shape index (κ3) is 3.25. The third-order valence-corrected chi connectivity index (χ3v) is 4.02. The minimum Gasteiger partial charge on any atom is -0.618 e. The molecular formula is C15H8F6N4O4. The van der Waals surface area contributed by atoms with Crippen molar-refractivity contribution in [3.05, 3.63) is 29.1 Å². The lowest BCUT2D eigenvalue weighted by Crippen LogP contribution is -2.33. The molecule has 3 rings (SSSR count). The topological polar surface area (TPSA) is 105 Å². The fourth-order valence-corrected chi connectivity index (χ4v) is 2.83. The second kappa shape index (κ2) is 6.22. The normalized spacial score (nSPS) is 13.8. The number of benzene rings is 1. The number of nitrogens with zero attached hydrogens (tertiary/aromatic N) is 2. The van der Waals surface area contributed by atoms with Crippen LogP contribution in [0.5, 0.6) is 0 Å². The molecule has 154 valence electrons. The van der Waals surface area contributed by atoms with Crippen molar-refractivity contribution in [1.29, 1.82) is 0 Å². The van der Waals surface area contributed by atoms with Gasteiger partial charge in [-0.25, -0.2) is 0 Å². The van der Waals surface area contributed by atoms with Gasteiger partial charge in [0.2, 0.25) is 0 Å². The summed E-state index contributed by atoms with van der Waals surface area (Å²) in [4.78, 5) is 35.8. The fraction of sp³-hybridized carbons (Fsp3) is 0.200. The Bertz CT molecular complexity index is 1080. The van der Waals surface area contributed by atoms with E-state index in [2.05, 4.69) is 0 Å². The van der Waals surface area contributed by atoms with Crippen molar-refractivity contribution in [2.45, 2.75) is 12.4 Å². The minimum atomic E-state index is -5.38. The van der Waals surface area contributed by atoms with Gasteiger partial charge in [0, 0.05) is 13.1 Å². The summed E-state index contributed by atoms with van der Waals surface area (Å²) in [5, 5.41) is 14.7. The molecule has 2 aromatic rings. The standard InChI is InChI=1S/C15H8F6N4O4/c1-24-9-6(22-12(27)14(16,17)18)4-7(23-13(28)15(19,20)21)10-8(9)5(11(24)26)2-3-25(10)29/h2-4H,1H3,(H,22,27)(H,23,28). The lowest BCUT2D eigenvalue weighted by molar-refractivity contribution is -0.576. The molecule has 3 amide bonds. The van der Waals surface area contributed by atoms with Crippen LogP contribution in [-0.2, 0) is 9.59 Å². The molecule has 2 N–H and O–H groups in total. The van der Waals surface area contributed by atoms with Crippen molar-refractivity contribution in [2.24, 2.45) is 0 Å². The molecule has 0 atom stereocenters. The van der Waals surface area contributed by atoms with Gasteiger partial charge in [-0.2, -0.15) is 31.1 Å². The van der Waals surface area contributed by atoms with E-state index in [4.69, 9.17) is 0 Å². The van der Waals surface area contributed by atoms with E-state index in [9.17, 15) is 45.9 Å². The van der Waals surface area contributed by atoms with E-state index >= 15 is 0 Å².